The first-order chi connectivity index (χ1) is 23.6. The average Bonchev–Trinajstić information content (AvgIpc) is 3.44. The molecular weight excluding hydrogens is 638 g/mol. The van der Waals surface area contributed by atoms with E-state index in [9.17, 15) is 8.78 Å². The fraction of sp³-hybridized carbons (Fsp3) is 0.389. The van der Waals surface area contributed by atoms with E-state index in [0.29, 0.717) is 53.7 Å². The predicted octanol–water partition coefficient (Wildman–Crippen LogP) is 7.86. The molecule has 2 aromatic carbocycles. The number of hydrogen-bond acceptors (Lipinski definition) is 8. The minimum atomic E-state index is -2.56. The highest BCUT2D eigenvalue weighted by molar-refractivity contribution is 5.92. The zero-order valence-corrected chi connectivity index (χ0v) is 27.8. The summed E-state index contributed by atoms with van der Waals surface area (Å²) in [7, 11) is 0. The Morgan fingerprint density at radius 1 is 0.939 bits per heavy atom. The quantitative estimate of drug-likeness (QED) is 0.0996. The highest BCUT2D eigenvalue weighted by Gasteiger charge is 2.33. The summed E-state index contributed by atoms with van der Waals surface area (Å²) < 4.78 is 70.1. The molecule has 0 spiro atoms. The van der Waals surface area contributed by atoms with E-state index >= 15 is 8.78 Å². The second-order valence-corrected chi connectivity index (χ2v) is 12.2. The minimum Gasteiger partial charge on any atom is -0.494 e. The second-order valence-electron chi connectivity index (χ2n) is 12.2. The maximum atomic E-state index is 15.0. The van der Waals surface area contributed by atoms with Crippen molar-refractivity contribution in [3.05, 3.63) is 83.3 Å². The number of halogens is 4. The number of benzene rings is 2. The van der Waals surface area contributed by atoms with Gasteiger partial charge in [-0.25, -0.2) is 27.5 Å². The number of unbranched alkanes of at least 4 members (excludes halogenated alkanes) is 1. The molecule has 49 heavy (non-hydrogen) atoms. The Hall–Kier alpha value is -4.78. The summed E-state index contributed by atoms with van der Waals surface area (Å²) >= 11 is 0. The number of rotatable bonds is 13. The lowest BCUT2D eigenvalue weighted by Crippen LogP contribution is -2.39. The molecule has 1 fully saturated rings. The Balaban J connectivity index is 1.26. The molecule has 258 valence electrons. The van der Waals surface area contributed by atoms with Crippen molar-refractivity contribution in [3.8, 4) is 23.0 Å². The largest absolute Gasteiger partial charge is 0.494 e. The third-order valence-electron chi connectivity index (χ3n) is 8.57. The molecule has 1 aliphatic heterocycles. The molecule has 5 aromatic rings. The van der Waals surface area contributed by atoms with Crippen molar-refractivity contribution in [1.82, 2.24) is 29.6 Å². The number of alkyl halides is 2. The number of nitrogens with zero attached hydrogens (tertiary/aromatic N) is 6. The van der Waals surface area contributed by atoms with Crippen LogP contribution in [0.5, 0.6) is 11.5 Å². The zero-order valence-electron chi connectivity index (χ0n) is 27.8. The number of fused-ring (bicyclic) bond motifs is 1. The monoisotopic (exact) mass is 677 g/mol. The molecule has 1 N–H and O–H groups in total. The van der Waals surface area contributed by atoms with Crippen LogP contribution in [-0.4, -0.2) is 68.4 Å². The lowest BCUT2D eigenvalue weighted by Gasteiger charge is -2.31. The van der Waals surface area contributed by atoms with Gasteiger partial charge in [-0.1, -0.05) is 18.2 Å². The molecule has 0 bridgehead atoms. The molecule has 13 heteroatoms. The molecule has 6 rings (SSSR count). The lowest BCUT2D eigenvalue weighted by atomic mass is 10.1. The normalized spacial score (nSPS) is 14.7. The molecule has 3 aromatic heterocycles. The summed E-state index contributed by atoms with van der Waals surface area (Å²) in [6.45, 7) is 7.61. The van der Waals surface area contributed by atoms with Crippen LogP contribution in [0.1, 0.15) is 49.4 Å². The summed E-state index contributed by atoms with van der Waals surface area (Å²) in [5, 5.41) is 8.83. The van der Waals surface area contributed by atoms with Crippen molar-refractivity contribution in [2.45, 2.75) is 58.9 Å². The SMILES string of the molecule is CCOc1cc(F)c(Cn2nc(-c3ncc(OCCCCN4CCC(F)(F)CC4)c(Nc4cc(C)ncc4C)n3)c3ccccc32)c(F)c1. The summed E-state index contributed by atoms with van der Waals surface area (Å²) in [5.74, 6) is -2.75. The first-order valence-corrected chi connectivity index (χ1v) is 16.5. The van der Waals surface area contributed by atoms with Crippen molar-refractivity contribution < 1.29 is 27.0 Å². The topological polar surface area (TPSA) is 90.2 Å². The average molecular weight is 678 g/mol. The molecule has 0 unspecified atom stereocenters. The van der Waals surface area contributed by atoms with E-state index in [1.54, 1.807) is 19.3 Å². The van der Waals surface area contributed by atoms with Crippen LogP contribution in [-0.2, 0) is 6.54 Å². The number of aromatic nitrogens is 5. The van der Waals surface area contributed by atoms with Crippen molar-refractivity contribution in [1.29, 1.82) is 0 Å². The van der Waals surface area contributed by atoms with E-state index in [4.69, 9.17) is 19.6 Å². The van der Waals surface area contributed by atoms with Crippen LogP contribution < -0.4 is 14.8 Å². The first kappa shape index (κ1) is 34.1. The van der Waals surface area contributed by atoms with Crippen molar-refractivity contribution in [2.75, 3.05) is 38.2 Å². The van der Waals surface area contributed by atoms with Gasteiger partial charge in [0.05, 0.1) is 31.5 Å². The Bertz CT molecular complexity index is 1900. The summed E-state index contributed by atoms with van der Waals surface area (Å²) in [4.78, 5) is 15.9. The zero-order chi connectivity index (χ0) is 34.5. The van der Waals surface area contributed by atoms with Crippen molar-refractivity contribution >= 4 is 22.4 Å². The maximum absolute atomic E-state index is 15.0. The number of nitrogens with one attached hydrogen (secondary N) is 1. The Kier molecular flexibility index (Phi) is 10.3. The van der Waals surface area contributed by atoms with E-state index in [0.717, 1.165) is 36.3 Å². The van der Waals surface area contributed by atoms with Gasteiger partial charge in [-0.15, -0.1) is 0 Å². The fourth-order valence-electron chi connectivity index (χ4n) is 5.84. The number of likely N-dealkylation sites (tertiary alicyclic amines) is 1. The summed E-state index contributed by atoms with van der Waals surface area (Å²) in [5.41, 5.74) is 3.46. The van der Waals surface area contributed by atoms with Crippen LogP contribution in [0.3, 0.4) is 0 Å². The van der Waals surface area contributed by atoms with Gasteiger partial charge in [-0.2, -0.15) is 5.10 Å². The molecule has 0 aliphatic carbocycles. The molecule has 9 nitrogen and oxygen atoms in total. The van der Waals surface area contributed by atoms with Crippen LogP contribution in [0.15, 0.2) is 54.9 Å². The standard InChI is InChI=1S/C36H39F4N7O2/c1-4-48-25-18-28(37)27(29(38)19-25)22-47-31-10-6-5-9-26(31)33(45-47)35-42-21-32(34(44-35)43-30-17-24(3)41-20-23(30)2)49-16-8-7-13-46-14-11-36(39,40)12-15-46/h5-6,9-10,17-21H,4,7-8,11-16,22H2,1-3H3,(H,41,42,43,44). The third-order valence-corrected chi connectivity index (χ3v) is 8.57. The molecule has 0 amide bonds. The van der Waals surface area contributed by atoms with Crippen LogP contribution in [0.4, 0.5) is 29.1 Å². The van der Waals surface area contributed by atoms with Gasteiger partial charge in [0.1, 0.15) is 23.1 Å². The highest BCUT2D eigenvalue weighted by Crippen LogP contribution is 2.33. The molecule has 0 atom stereocenters. The molecule has 0 radical (unpaired) electrons. The van der Waals surface area contributed by atoms with E-state index < -0.39 is 17.6 Å². The number of hydrogen-bond donors (Lipinski definition) is 1. The Morgan fingerprint density at radius 2 is 1.69 bits per heavy atom. The number of aryl methyl sites for hydroxylation is 2. The number of pyridine rings is 1. The second kappa shape index (κ2) is 14.8. The van der Waals surface area contributed by atoms with Crippen LogP contribution in [0.2, 0.25) is 0 Å². The number of ether oxygens (including phenoxy) is 2. The number of piperidine rings is 1. The van der Waals surface area contributed by atoms with Crippen molar-refractivity contribution in [3.63, 3.8) is 0 Å². The van der Waals surface area contributed by atoms with Crippen LogP contribution in [0, 0.1) is 25.5 Å². The first-order valence-electron chi connectivity index (χ1n) is 16.5. The van der Waals surface area contributed by atoms with E-state index in [-0.39, 0.29) is 37.3 Å². The van der Waals surface area contributed by atoms with Gasteiger partial charge in [-0.05, 0) is 57.9 Å². The van der Waals surface area contributed by atoms with E-state index in [1.807, 2.05) is 44.2 Å². The summed E-state index contributed by atoms with van der Waals surface area (Å²) in [6.07, 6.45) is 4.67. The van der Waals surface area contributed by atoms with Gasteiger partial charge >= 0.3 is 0 Å². The van der Waals surface area contributed by atoms with Gasteiger partial charge in [-0.3, -0.25) is 9.67 Å². The van der Waals surface area contributed by atoms with Crippen LogP contribution in [0.25, 0.3) is 22.4 Å². The number of anilines is 2. The Morgan fingerprint density at radius 3 is 2.45 bits per heavy atom. The van der Waals surface area contributed by atoms with E-state index in [1.165, 1.54) is 16.8 Å². The highest BCUT2D eigenvalue weighted by atomic mass is 19.3. The predicted molar refractivity (Wildman–Crippen MR) is 180 cm³/mol. The van der Waals surface area contributed by atoms with E-state index in [2.05, 4.69) is 20.2 Å². The van der Waals surface area contributed by atoms with Crippen molar-refractivity contribution in [2.24, 2.45) is 0 Å². The molecule has 1 aliphatic rings. The molecular formula is C36H39F4N7O2. The van der Waals surface area contributed by atoms with Gasteiger partial charge in [0.25, 0.3) is 5.92 Å². The maximum Gasteiger partial charge on any atom is 0.250 e. The smallest absolute Gasteiger partial charge is 0.250 e. The van der Waals surface area contributed by atoms with Crippen LogP contribution >= 0.6 is 0 Å². The molecule has 1 saturated heterocycles. The number of para-hydroxylation sites is 1. The molecule has 4 heterocycles. The Labute approximate surface area is 282 Å². The van der Waals surface area contributed by atoms with Gasteiger partial charge in [0.15, 0.2) is 17.4 Å². The van der Waals surface area contributed by atoms with Gasteiger partial charge in [0, 0.05) is 66.6 Å². The van der Waals surface area contributed by atoms with Gasteiger partial charge in [0.2, 0.25) is 0 Å². The minimum absolute atomic E-state index is 0.0982. The molecule has 0 saturated carbocycles. The van der Waals surface area contributed by atoms with Gasteiger partial charge < -0.3 is 19.7 Å². The fourth-order valence-corrected chi connectivity index (χ4v) is 5.84. The lowest BCUT2D eigenvalue weighted by molar-refractivity contribution is -0.0552. The summed E-state index contributed by atoms with van der Waals surface area (Å²) in [6, 6.07) is 11.6. The third kappa shape index (κ3) is 8.10.